The maximum atomic E-state index is 12.1. The van der Waals surface area contributed by atoms with E-state index in [1.807, 2.05) is 6.92 Å². The summed E-state index contributed by atoms with van der Waals surface area (Å²) in [5.41, 5.74) is 2.39. The van der Waals surface area contributed by atoms with Gasteiger partial charge in [0.15, 0.2) is 0 Å². The van der Waals surface area contributed by atoms with E-state index in [-0.39, 0.29) is 22.8 Å². The van der Waals surface area contributed by atoms with Gasteiger partial charge < -0.3 is 9.16 Å². The van der Waals surface area contributed by atoms with Crippen molar-refractivity contribution in [1.29, 1.82) is 0 Å². The molecule has 24 heavy (non-hydrogen) atoms. The van der Waals surface area contributed by atoms with Crippen molar-refractivity contribution in [2.75, 3.05) is 7.11 Å². The fraction of sp³-hybridized carbons (Fsp3) is 0.750. The van der Waals surface area contributed by atoms with Crippen LogP contribution in [0.3, 0.4) is 0 Å². The van der Waals surface area contributed by atoms with Gasteiger partial charge in [-0.2, -0.15) is 0 Å². The zero-order chi connectivity index (χ0) is 18.9. The maximum Gasteiger partial charge on any atom is 0.308 e. The number of carbonyl (C=O) groups is 1. The van der Waals surface area contributed by atoms with Crippen LogP contribution in [0, 0.1) is 17.8 Å². The van der Waals surface area contributed by atoms with Crippen molar-refractivity contribution in [3.05, 3.63) is 23.5 Å². The number of carbonyl (C=O) groups excluding carboxylic acids is 1. The first kappa shape index (κ1) is 21.0. The minimum atomic E-state index is -1.90. The quantitative estimate of drug-likeness (QED) is 0.362. The van der Waals surface area contributed by atoms with Crippen LogP contribution < -0.4 is 0 Å². The van der Waals surface area contributed by atoms with Crippen molar-refractivity contribution in [1.82, 2.24) is 0 Å². The highest BCUT2D eigenvalue weighted by Crippen LogP contribution is 2.45. The lowest BCUT2D eigenvalue weighted by atomic mass is 9.73. The lowest BCUT2D eigenvalue weighted by Gasteiger charge is -2.42. The number of hydrogen-bond acceptors (Lipinski definition) is 3. The van der Waals surface area contributed by atoms with Gasteiger partial charge in [-0.1, -0.05) is 39.8 Å². The maximum absolute atomic E-state index is 12.1. The molecule has 0 aromatic heterocycles. The average molecular weight is 353 g/mol. The third-order valence-corrected chi connectivity index (χ3v) is 10.4. The summed E-state index contributed by atoms with van der Waals surface area (Å²) >= 11 is 0. The Hall–Kier alpha value is -1.03. The molecule has 138 valence electrons. The van der Waals surface area contributed by atoms with Gasteiger partial charge in [-0.25, -0.2) is 0 Å². The van der Waals surface area contributed by atoms with Crippen molar-refractivity contribution >= 4 is 14.3 Å². The summed E-state index contributed by atoms with van der Waals surface area (Å²) < 4.78 is 11.6. The molecule has 4 heteroatoms. The Morgan fingerprint density at radius 3 is 2.29 bits per heavy atom. The van der Waals surface area contributed by atoms with E-state index in [0.717, 1.165) is 18.6 Å². The smallest absolute Gasteiger partial charge is 0.308 e. The summed E-state index contributed by atoms with van der Waals surface area (Å²) in [4.78, 5) is 12.1. The Morgan fingerprint density at radius 1 is 1.33 bits per heavy atom. The second kappa shape index (κ2) is 7.47. The van der Waals surface area contributed by atoms with Crippen molar-refractivity contribution < 1.29 is 14.0 Å². The summed E-state index contributed by atoms with van der Waals surface area (Å²) in [6.45, 7) is 21.6. The van der Waals surface area contributed by atoms with Crippen LogP contribution >= 0.6 is 0 Å². The van der Waals surface area contributed by atoms with Crippen LogP contribution in [0.2, 0.25) is 18.1 Å². The van der Waals surface area contributed by atoms with Gasteiger partial charge in [0.25, 0.3) is 0 Å². The van der Waals surface area contributed by atoms with Gasteiger partial charge in [0.1, 0.15) is 0 Å². The molecule has 1 aliphatic rings. The zero-order valence-electron chi connectivity index (χ0n) is 17.1. The molecule has 3 nitrogen and oxygen atoms in total. The Kier molecular flexibility index (Phi) is 6.54. The largest absolute Gasteiger partial charge is 0.547 e. The van der Waals surface area contributed by atoms with Gasteiger partial charge in [-0.05, 0) is 55.8 Å². The normalized spacial score (nSPS) is 23.7. The van der Waals surface area contributed by atoms with Gasteiger partial charge in [0.2, 0.25) is 8.32 Å². The van der Waals surface area contributed by atoms with E-state index >= 15 is 0 Å². The highest BCUT2D eigenvalue weighted by Gasteiger charge is 2.42. The third kappa shape index (κ3) is 4.53. The predicted octanol–water partition coefficient (Wildman–Crippen LogP) is 5.69. The zero-order valence-corrected chi connectivity index (χ0v) is 18.1. The van der Waals surface area contributed by atoms with E-state index in [4.69, 9.17) is 9.16 Å². The van der Waals surface area contributed by atoms with Crippen molar-refractivity contribution in [2.45, 2.75) is 72.5 Å². The van der Waals surface area contributed by atoms with Crippen LogP contribution in [0.25, 0.3) is 0 Å². The summed E-state index contributed by atoms with van der Waals surface area (Å²) in [5, 5.41) is 0.153. The number of esters is 1. The second-order valence-corrected chi connectivity index (χ2v) is 13.6. The van der Waals surface area contributed by atoms with E-state index in [2.05, 4.69) is 54.3 Å². The fourth-order valence-corrected chi connectivity index (χ4v) is 4.21. The van der Waals surface area contributed by atoms with Gasteiger partial charge in [-0.15, -0.1) is 0 Å². The predicted molar refractivity (Wildman–Crippen MR) is 103 cm³/mol. The molecule has 0 spiro atoms. The molecule has 0 radical (unpaired) electrons. The molecule has 0 amide bonds. The van der Waals surface area contributed by atoms with Crippen molar-refractivity contribution in [3.63, 3.8) is 0 Å². The van der Waals surface area contributed by atoms with Gasteiger partial charge in [-0.3, -0.25) is 4.79 Å². The summed E-state index contributed by atoms with van der Waals surface area (Å²) in [7, 11) is -0.440. The fourth-order valence-electron chi connectivity index (χ4n) is 3.05. The lowest BCUT2D eigenvalue weighted by Crippen LogP contribution is -2.42. The van der Waals surface area contributed by atoms with E-state index in [0.29, 0.717) is 5.92 Å². The molecule has 3 atom stereocenters. The summed E-state index contributed by atoms with van der Waals surface area (Å²) in [6, 6.07) is 0. The topological polar surface area (TPSA) is 35.5 Å². The Bertz CT molecular complexity index is 525. The third-order valence-electron chi connectivity index (χ3n) is 6.02. The first-order valence-electron chi connectivity index (χ1n) is 8.93. The molecule has 0 aromatic carbocycles. The Labute approximate surface area is 149 Å². The monoisotopic (exact) mass is 352 g/mol. The molecule has 0 N–H and O–H groups in total. The second-order valence-electron chi connectivity index (χ2n) is 8.87. The first-order valence-corrected chi connectivity index (χ1v) is 11.8. The van der Waals surface area contributed by atoms with Gasteiger partial charge >= 0.3 is 5.97 Å². The van der Waals surface area contributed by atoms with Crippen LogP contribution in [-0.4, -0.2) is 21.4 Å². The number of allylic oxidation sites excluding steroid dienone is 3. The van der Waals surface area contributed by atoms with E-state index in [1.165, 1.54) is 18.3 Å². The van der Waals surface area contributed by atoms with Crippen LogP contribution in [0.5, 0.6) is 0 Å². The molecular formula is C20H36O3Si. The molecular weight excluding hydrogens is 316 g/mol. The molecule has 0 unspecified atom stereocenters. The van der Waals surface area contributed by atoms with Crippen molar-refractivity contribution in [2.24, 2.45) is 17.8 Å². The van der Waals surface area contributed by atoms with Crippen molar-refractivity contribution in [3.8, 4) is 0 Å². The average Bonchev–Trinajstić information content (AvgIpc) is 2.46. The van der Waals surface area contributed by atoms with E-state index in [1.54, 1.807) is 0 Å². The minimum absolute atomic E-state index is 0.145. The molecule has 0 bridgehead atoms. The highest BCUT2D eigenvalue weighted by atomic mass is 28.4. The number of ether oxygens (including phenoxy) is 1. The van der Waals surface area contributed by atoms with Crippen LogP contribution in [-0.2, 0) is 14.0 Å². The molecule has 0 heterocycles. The molecule has 0 saturated heterocycles. The van der Waals surface area contributed by atoms with Crippen LogP contribution in [0.4, 0.5) is 0 Å². The molecule has 0 aromatic rings. The molecule has 1 rings (SSSR count). The van der Waals surface area contributed by atoms with E-state index in [9.17, 15) is 4.79 Å². The van der Waals surface area contributed by atoms with Crippen LogP contribution in [0.1, 0.15) is 54.4 Å². The minimum Gasteiger partial charge on any atom is -0.547 e. The molecule has 1 aliphatic carbocycles. The Morgan fingerprint density at radius 2 is 1.88 bits per heavy atom. The standard InChI is InChI=1S/C20H36O3Si/c1-13(2)16-11-17(15(4)19(21)22-8)14(3)18(12-16)23-24(9,10)20(5,6)7/h15-17H,1,11-12H2,2-10H3/t15-,16-,17-/m1/s1. The number of methoxy groups -OCH3 is 1. The molecule has 0 saturated carbocycles. The number of rotatable bonds is 5. The Balaban J connectivity index is 3.22. The highest BCUT2D eigenvalue weighted by molar-refractivity contribution is 6.74. The SMILES string of the molecule is C=C(C)[C@H]1CC(O[Si](C)(C)C(C)(C)C)=C(C)[C@H]([C@@H](C)C(=O)OC)C1. The first-order chi connectivity index (χ1) is 10.8. The molecule has 0 fully saturated rings. The van der Waals surface area contributed by atoms with Gasteiger partial charge in [0.05, 0.1) is 18.8 Å². The summed E-state index contributed by atoms with van der Waals surface area (Å²) in [6.07, 6.45) is 1.85. The number of hydrogen-bond donors (Lipinski definition) is 0. The molecule has 0 aliphatic heterocycles. The lowest BCUT2D eigenvalue weighted by molar-refractivity contribution is -0.146. The van der Waals surface area contributed by atoms with Crippen LogP contribution in [0.15, 0.2) is 23.5 Å². The van der Waals surface area contributed by atoms with Gasteiger partial charge in [0, 0.05) is 6.42 Å². The summed E-state index contributed by atoms with van der Waals surface area (Å²) in [5.74, 6) is 1.31. The van der Waals surface area contributed by atoms with E-state index < -0.39 is 8.32 Å².